The minimum absolute atomic E-state index is 0.946. The molecule has 0 saturated heterocycles. The van der Waals surface area contributed by atoms with E-state index >= 15 is 0 Å². The summed E-state index contributed by atoms with van der Waals surface area (Å²) in [5.41, 5.74) is 4.79. The minimum atomic E-state index is 0.946. The molecular weight excluding hydrogens is 222 g/mol. The zero-order valence-corrected chi connectivity index (χ0v) is 9.93. The number of rotatable bonds is 1. The Morgan fingerprint density at radius 3 is 2.78 bits per heavy atom. The van der Waals surface area contributed by atoms with Crippen LogP contribution >= 0.6 is 0 Å². The van der Waals surface area contributed by atoms with Crippen LogP contribution < -0.4 is 4.90 Å². The molecule has 4 rings (SSSR count). The second-order valence-electron chi connectivity index (χ2n) is 4.61. The summed E-state index contributed by atoms with van der Waals surface area (Å²) in [6, 6.07) is 16.7. The Labute approximate surface area is 105 Å². The number of nitrogens with one attached hydrogen (secondary N) is 1. The lowest BCUT2D eigenvalue weighted by Gasteiger charge is -2.15. The molecule has 2 heterocycles. The van der Waals surface area contributed by atoms with E-state index in [0.717, 1.165) is 29.9 Å². The van der Waals surface area contributed by atoms with Gasteiger partial charge in [-0.2, -0.15) is 0 Å². The maximum absolute atomic E-state index is 4.66. The standard InChI is InChI=1S/C15H13N3/c1-4-8-14-11(5-1)9-10-18(14)15-16-12-6-2-3-7-13(12)17-15/h1-8H,9-10H2,(H,16,17). The molecule has 1 N–H and O–H groups in total. The lowest BCUT2D eigenvalue weighted by atomic mass is 10.2. The number of aromatic nitrogens is 2. The summed E-state index contributed by atoms with van der Waals surface area (Å²) in [5, 5.41) is 0. The number of para-hydroxylation sites is 3. The van der Waals surface area contributed by atoms with Crippen molar-refractivity contribution in [1.29, 1.82) is 0 Å². The Morgan fingerprint density at radius 2 is 1.83 bits per heavy atom. The maximum Gasteiger partial charge on any atom is 0.208 e. The molecule has 3 nitrogen and oxygen atoms in total. The maximum atomic E-state index is 4.66. The number of anilines is 2. The van der Waals surface area contributed by atoms with E-state index in [1.165, 1.54) is 11.3 Å². The van der Waals surface area contributed by atoms with Crippen molar-refractivity contribution in [3.63, 3.8) is 0 Å². The number of imidazole rings is 1. The van der Waals surface area contributed by atoms with Gasteiger partial charge in [0.25, 0.3) is 0 Å². The van der Waals surface area contributed by atoms with Gasteiger partial charge in [0.15, 0.2) is 0 Å². The van der Waals surface area contributed by atoms with Crippen LogP contribution in [0.25, 0.3) is 11.0 Å². The molecule has 0 bridgehead atoms. The molecule has 0 amide bonds. The van der Waals surface area contributed by atoms with Crippen molar-refractivity contribution in [2.24, 2.45) is 0 Å². The smallest absolute Gasteiger partial charge is 0.208 e. The van der Waals surface area contributed by atoms with Gasteiger partial charge in [-0.1, -0.05) is 30.3 Å². The SMILES string of the molecule is c1ccc2c(c1)CCN2c1nc2ccccc2[nH]1. The molecule has 0 spiro atoms. The van der Waals surface area contributed by atoms with Crippen molar-refractivity contribution in [2.45, 2.75) is 6.42 Å². The fourth-order valence-corrected chi connectivity index (χ4v) is 2.63. The highest BCUT2D eigenvalue weighted by Gasteiger charge is 2.21. The van der Waals surface area contributed by atoms with Crippen LogP contribution in [0.15, 0.2) is 48.5 Å². The molecule has 2 aromatic carbocycles. The minimum Gasteiger partial charge on any atom is -0.324 e. The lowest BCUT2D eigenvalue weighted by Crippen LogP contribution is -2.14. The van der Waals surface area contributed by atoms with E-state index in [1.54, 1.807) is 0 Å². The number of aromatic amines is 1. The third kappa shape index (κ3) is 1.34. The van der Waals surface area contributed by atoms with Gasteiger partial charge >= 0.3 is 0 Å². The van der Waals surface area contributed by atoms with Crippen LogP contribution in [0.5, 0.6) is 0 Å². The van der Waals surface area contributed by atoms with E-state index in [9.17, 15) is 0 Å². The van der Waals surface area contributed by atoms with Crippen molar-refractivity contribution in [3.05, 3.63) is 54.1 Å². The zero-order valence-electron chi connectivity index (χ0n) is 9.93. The molecule has 1 aliphatic heterocycles. The first kappa shape index (κ1) is 9.71. The Morgan fingerprint density at radius 1 is 1.00 bits per heavy atom. The summed E-state index contributed by atoms with van der Waals surface area (Å²) in [6.07, 6.45) is 1.09. The summed E-state index contributed by atoms with van der Waals surface area (Å²) in [4.78, 5) is 10.3. The Balaban J connectivity index is 1.85. The third-order valence-corrected chi connectivity index (χ3v) is 3.52. The van der Waals surface area contributed by atoms with Crippen molar-refractivity contribution in [1.82, 2.24) is 9.97 Å². The lowest BCUT2D eigenvalue weighted by molar-refractivity contribution is 0.962. The van der Waals surface area contributed by atoms with Crippen LogP contribution in [0.2, 0.25) is 0 Å². The van der Waals surface area contributed by atoms with Crippen molar-refractivity contribution >= 4 is 22.7 Å². The molecule has 0 radical (unpaired) electrons. The monoisotopic (exact) mass is 235 g/mol. The summed E-state index contributed by atoms with van der Waals surface area (Å²) < 4.78 is 0. The van der Waals surface area contributed by atoms with E-state index in [0.29, 0.717) is 0 Å². The second-order valence-corrected chi connectivity index (χ2v) is 4.61. The first-order valence-electron chi connectivity index (χ1n) is 6.22. The quantitative estimate of drug-likeness (QED) is 0.702. The molecule has 18 heavy (non-hydrogen) atoms. The van der Waals surface area contributed by atoms with Crippen LogP contribution in [0, 0.1) is 0 Å². The molecule has 0 unspecified atom stereocenters. The van der Waals surface area contributed by atoms with Gasteiger partial charge in [-0.25, -0.2) is 4.98 Å². The van der Waals surface area contributed by atoms with Crippen LogP contribution in [0.4, 0.5) is 11.6 Å². The first-order valence-corrected chi connectivity index (χ1v) is 6.22. The Bertz CT molecular complexity index is 681. The van der Waals surface area contributed by atoms with Crippen LogP contribution in [-0.2, 0) is 6.42 Å². The summed E-state index contributed by atoms with van der Waals surface area (Å²) >= 11 is 0. The molecule has 1 aliphatic rings. The Hall–Kier alpha value is -2.29. The van der Waals surface area contributed by atoms with Gasteiger partial charge in [0.1, 0.15) is 0 Å². The molecule has 3 heteroatoms. The molecule has 0 atom stereocenters. The van der Waals surface area contributed by atoms with E-state index in [1.807, 2.05) is 18.2 Å². The zero-order chi connectivity index (χ0) is 11.9. The number of benzene rings is 2. The van der Waals surface area contributed by atoms with Crippen molar-refractivity contribution in [3.8, 4) is 0 Å². The van der Waals surface area contributed by atoms with Gasteiger partial charge in [0.05, 0.1) is 11.0 Å². The van der Waals surface area contributed by atoms with E-state index in [4.69, 9.17) is 0 Å². The second kappa shape index (κ2) is 3.60. The third-order valence-electron chi connectivity index (χ3n) is 3.52. The van der Waals surface area contributed by atoms with E-state index in [2.05, 4.69) is 45.2 Å². The summed E-state index contributed by atoms with van der Waals surface area (Å²) in [7, 11) is 0. The fourth-order valence-electron chi connectivity index (χ4n) is 2.63. The number of hydrogen-bond acceptors (Lipinski definition) is 2. The predicted molar refractivity (Wildman–Crippen MR) is 73.2 cm³/mol. The van der Waals surface area contributed by atoms with Gasteiger partial charge in [0, 0.05) is 12.2 Å². The highest BCUT2D eigenvalue weighted by atomic mass is 15.3. The number of H-pyrrole nitrogens is 1. The van der Waals surface area contributed by atoms with E-state index in [-0.39, 0.29) is 0 Å². The molecular formula is C15H13N3. The van der Waals surface area contributed by atoms with Gasteiger partial charge in [0.2, 0.25) is 5.95 Å². The van der Waals surface area contributed by atoms with Gasteiger partial charge < -0.3 is 9.88 Å². The normalized spacial score (nSPS) is 14.1. The fraction of sp³-hybridized carbons (Fsp3) is 0.133. The highest BCUT2D eigenvalue weighted by Crippen LogP contribution is 2.33. The summed E-state index contributed by atoms with van der Waals surface area (Å²) in [6.45, 7) is 0.999. The van der Waals surface area contributed by atoms with Crippen molar-refractivity contribution < 1.29 is 0 Å². The number of fused-ring (bicyclic) bond motifs is 2. The molecule has 0 aliphatic carbocycles. The van der Waals surface area contributed by atoms with Gasteiger partial charge in [-0.05, 0) is 30.2 Å². The molecule has 88 valence electrons. The van der Waals surface area contributed by atoms with Crippen LogP contribution in [0.3, 0.4) is 0 Å². The topological polar surface area (TPSA) is 31.9 Å². The first-order chi connectivity index (χ1) is 8.92. The van der Waals surface area contributed by atoms with Crippen molar-refractivity contribution in [2.75, 3.05) is 11.4 Å². The number of hydrogen-bond donors (Lipinski definition) is 1. The van der Waals surface area contributed by atoms with E-state index < -0.39 is 0 Å². The number of nitrogens with zero attached hydrogens (tertiary/aromatic N) is 2. The highest BCUT2D eigenvalue weighted by molar-refractivity contribution is 5.79. The van der Waals surface area contributed by atoms with Crippen LogP contribution in [-0.4, -0.2) is 16.5 Å². The largest absolute Gasteiger partial charge is 0.324 e. The predicted octanol–water partition coefficient (Wildman–Crippen LogP) is 3.26. The molecule has 0 saturated carbocycles. The Kier molecular flexibility index (Phi) is 1.94. The average Bonchev–Trinajstić information content (AvgIpc) is 3.02. The van der Waals surface area contributed by atoms with Gasteiger partial charge in [-0.3, -0.25) is 0 Å². The van der Waals surface area contributed by atoms with Gasteiger partial charge in [-0.15, -0.1) is 0 Å². The average molecular weight is 235 g/mol. The summed E-state index contributed by atoms with van der Waals surface area (Å²) in [5.74, 6) is 0.946. The molecule has 1 aromatic heterocycles. The van der Waals surface area contributed by atoms with Crippen LogP contribution in [0.1, 0.15) is 5.56 Å². The molecule has 0 fully saturated rings. The molecule has 3 aromatic rings.